The molecule has 0 unspecified atom stereocenters. The van der Waals surface area contributed by atoms with Crippen molar-refractivity contribution in [2.75, 3.05) is 32.5 Å². The Bertz CT molecular complexity index is 561. The Morgan fingerprint density at radius 3 is 2.63 bits per heavy atom. The number of likely N-dealkylation sites (N-methyl/N-ethyl adjacent to an activating group) is 1. The Balaban J connectivity index is 2.42. The molecule has 0 bridgehead atoms. The van der Waals surface area contributed by atoms with E-state index in [4.69, 9.17) is 4.98 Å². The third kappa shape index (κ3) is 3.04. The molecule has 102 valence electrons. The fourth-order valence-corrected chi connectivity index (χ4v) is 2.41. The van der Waals surface area contributed by atoms with E-state index >= 15 is 0 Å². The van der Waals surface area contributed by atoms with Crippen LogP contribution < -0.4 is 5.32 Å². The first-order chi connectivity index (χ1) is 9.13. The van der Waals surface area contributed by atoms with Crippen molar-refractivity contribution >= 4 is 16.6 Å². The quantitative estimate of drug-likeness (QED) is 0.892. The average Bonchev–Trinajstić information content (AvgIpc) is 2.38. The van der Waals surface area contributed by atoms with Gasteiger partial charge in [0.05, 0.1) is 5.52 Å². The van der Waals surface area contributed by atoms with Crippen LogP contribution in [0.25, 0.3) is 10.9 Å². The van der Waals surface area contributed by atoms with Gasteiger partial charge in [-0.15, -0.1) is 0 Å². The monoisotopic (exact) mass is 257 g/mol. The van der Waals surface area contributed by atoms with Gasteiger partial charge in [0.15, 0.2) is 0 Å². The molecule has 1 heterocycles. The topological polar surface area (TPSA) is 28.2 Å². The molecule has 1 aromatic carbocycles. The van der Waals surface area contributed by atoms with E-state index < -0.39 is 0 Å². The van der Waals surface area contributed by atoms with Gasteiger partial charge in [0.1, 0.15) is 0 Å². The van der Waals surface area contributed by atoms with Crippen LogP contribution in [0.4, 0.5) is 5.69 Å². The van der Waals surface area contributed by atoms with Gasteiger partial charge in [0.2, 0.25) is 0 Å². The lowest BCUT2D eigenvalue weighted by Crippen LogP contribution is -2.21. The van der Waals surface area contributed by atoms with Crippen LogP contribution in [0.5, 0.6) is 0 Å². The second-order valence-electron chi connectivity index (χ2n) is 5.15. The van der Waals surface area contributed by atoms with E-state index in [0.29, 0.717) is 0 Å². The summed E-state index contributed by atoms with van der Waals surface area (Å²) >= 11 is 0. The highest BCUT2D eigenvalue weighted by Gasteiger charge is 2.10. The van der Waals surface area contributed by atoms with Gasteiger partial charge in [-0.05, 0) is 39.1 Å². The highest BCUT2D eigenvalue weighted by molar-refractivity contribution is 5.93. The molecular formula is C16H23N3. The summed E-state index contributed by atoms with van der Waals surface area (Å²) in [6.45, 7) is 6.27. The molecular weight excluding hydrogens is 234 g/mol. The molecule has 0 aliphatic heterocycles. The van der Waals surface area contributed by atoms with E-state index in [0.717, 1.165) is 30.7 Å². The van der Waals surface area contributed by atoms with Crippen LogP contribution >= 0.6 is 0 Å². The molecule has 0 radical (unpaired) electrons. The first kappa shape index (κ1) is 13.8. The number of aromatic nitrogens is 1. The molecule has 2 rings (SSSR count). The molecule has 0 saturated heterocycles. The van der Waals surface area contributed by atoms with Gasteiger partial charge >= 0.3 is 0 Å². The normalized spacial score (nSPS) is 11.2. The van der Waals surface area contributed by atoms with Crippen LogP contribution in [0.15, 0.2) is 24.3 Å². The number of fused-ring (bicyclic) bond motifs is 1. The fraction of sp³-hybridized carbons (Fsp3) is 0.438. The molecule has 1 N–H and O–H groups in total. The number of anilines is 1. The molecule has 0 aliphatic carbocycles. The highest BCUT2D eigenvalue weighted by Crippen LogP contribution is 2.28. The van der Waals surface area contributed by atoms with Crippen molar-refractivity contribution in [1.82, 2.24) is 9.88 Å². The zero-order chi connectivity index (χ0) is 13.8. The van der Waals surface area contributed by atoms with Gasteiger partial charge in [0, 0.05) is 29.9 Å². The van der Waals surface area contributed by atoms with Crippen molar-refractivity contribution < 1.29 is 0 Å². The Morgan fingerprint density at radius 2 is 1.95 bits per heavy atom. The van der Waals surface area contributed by atoms with E-state index in [1.165, 1.54) is 16.6 Å². The summed E-state index contributed by atoms with van der Waals surface area (Å²) in [7, 11) is 4.19. The minimum atomic E-state index is 0.952. The number of pyridine rings is 1. The zero-order valence-electron chi connectivity index (χ0n) is 12.3. The first-order valence-corrected chi connectivity index (χ1v) is 6.90. The van der Waals surface area contributed by atoms with Crippen molar-refractivity contribution in [3.63, 3.8) is 0 Å². The van der Waals surface area contributed by atoms with Crippen molar-refractivity contribution in [2.45, 2.75) is 20.3 Å². The predicted octanol–water partition coefficient (Wildman–Crippen LogP) is 3.08. The molecule has 1 aromatic heterocycles. The smallest absolute Gasteiger partial charge is 0.0726 e. The van der Waals surface area contributed by atoms with Gasteiger partial charge in [-0.25, -0.2) is 0 Å². The van der Waals surface area contributed by atoms with E-state index in [1.54, 1.807) is 0 Å². The van der Waals surface area contributed by atoms with Crippen molar-refractivity contribution in [2.24, 2.45) is 0 Å². The predicted molar refractivity (Wildman–Crippen MR) is 82.9 cm³/mol. The van der Waals surface area contributed by atoms with Gasteiger partial charge in [0.25, 0.3) is 0 Å². The van der Waals surface area contributed by atoms with Gasteiger partial charge < -0.3 is 10.2 Å². The van der Waals surface area contributed by atoms with E-state index in [1.807, 2.05) is 6.07 Å². The summed E-state index contributed by atoms with van der Waals surface area (Å²) in [4.78, 5) is 6.89. The molecule has 0 saturated carbocycles. The largest absolute Gasteiger partial charge is 0.383 e. The standard InChI is InChI=1S/C16H23N3/c1-5-13-12(2)18-15-9-7-6-8-14(15)16(13)17-10-11-19(3)4/h6-9H,5,10-11H2,1-4H3,(H,17,18). The number of aryl methyl sites for hydroxylation is 1. The summed E-state index contributed by atoms with van der Waals surface area (Å²) < 4.78 is 0. The molecule has 0 amide bonds. The molecule has 3 nitrogen and oxygen atoms in total. The fourth-order valence-electron chi connectivity index (χ4n) is 2.41. The van der Waals surface area contributed by atoms with Crippen LogP contribution in [0.2, 0.25) is 0 Å². The van der Waals surface area contributed by atoms with E-state index in [2.05, 4.69) is 56.4 Å². The van der Waals surface area contributed by atoms with Crippen LogP contribution in [0.1, 0.15) is 18.2 Å². The molecule has 0 spiro atoms. The van der Waals surface area contributed by atoms with Crippen LogP contribution in [-0.4, -0.2) is 37.1 Å². The van der Waals surface area contributed by atoms with Crippen LogP contribution in [-0.2, 0) is 6.42 Å². The van der Waals surface area contributed by atoms with Crippen molar-refractivity contribution in [1.29, 1.82) is 0 Å². The third-order valence-corrected chi connectivity index (χ3v) is 3.41. The van der Waals surface area contributed by atoms with Gasteiger partial charge in [-0.2, -0.15) is 0 Å². The summed E-state index contributed by atoms with van der Waals surface area (Å²) in [5, 5.41) is 4.82. The highest BCUT2D eigenvalue weighted by atomic mass is 15.1. The molecule has 0 atom stereocenters. The summed E-state index contributed by atoms with van der Waals surface area (Å²) in [5.74, 6) is 0. The molecule has 2 aromatic rings. The second kappa shape index (κ2) is 6.02. The lowest BCUT2D eigenvalue weighted by molar-refractivity contribution is 0.425. The number of hydrogen-bond donors (Lipinski definition) is 1. The van der Waals surface area contributed by atoms with Crippen LogP contribution in [0.3, 0.4) is 0 Å². The maximum absolute atomic E-state index is 4.70. The first-order valence-electron chi connectivity index (χ1n) is 6.90. The molecule has 0 fully saturated rings. The van der Waals surface area contributed by atoms with E-state index in [-0.39, 0.29) is 0 Å². The lowest BCUT2D eigenvalue weighted by atomic mass is 10.0. The molecule has 19 heavy (non-hydrogen) atoms. The van der Waals surface area contributed by atoms with E-state index in [9.17, 15) is 0 Å². The number of rotatable bonds is 5. The van der Waals surface area contributed by atoms with Crippen molar-refractivity contribution in [3.8, 4) is 0 Å². The average molecular weight is 257 g/mol. The Hall–Kier alpha value is -1.61. The third-order valence-electron chi connectivity index (χ3n) is 3.41. The number of nitrogens with zero attached hydrogens (tertiary/aromatic N) is 2. The summed E-state index contributed by atoms with van der Waals surface area (Å²) in [6.07, 6.45) is 1.01. The van der Waals surface area contributed by atoms with Gasteiger partial charge in [-0.3, -0.25) is 4.98 Å². The SMILES string of the molecule is CCc1c(C)nc2ccccc2c1NCCN(C)C. The number of para-hydroxylation sites is 1. The van der Waals surface area contributed by atoms with Gasteiger partial charge in [-0.1, -0.05) is 25.1 Å². The maximum Gasteiger partial charge on any atom is 0.0726 e. The number of benzene rings is 1. The second-order valence-corrected chi connectivity index (χ2v) is 5.15. The Labute approximate surface area is 115 Å². The summed E-state index contributed by atoms with van der Waals surface area (Å²) in [5.41, 5.74) is 4.79. The summed E-state index contributed by atoms with van der Waals surface area (Å²) in [6, 6.07) is 8.36. The van der Waals surface area contributed by atoms with Crippen LogP contribution in [0, 0.1) is 6.92 Å². The molecule has 0 aliphatic rings. The molecule has 3 heteroatoms. The lowest BCUT2D eigenvalue weighted by Gasteiger charge is -2.17. The minimum absolute atomic E-state index is 0.952. The van der Waals surface area contributed by atoms with Crippen molar-refractivity contribution in [3.05, 3.63) is 35.5 Å². The Morgan fingerprint density at radius 1 is 1.21 bits per heavy atom. The number of hydrogen-bond acceptors (Lipinski definition) is 3. The minimum Gasteiger partial charge on any atom is -0.383 e. The number of nitrogens with one attached hydrogen (secondary N) is 1. The Kier molecular flexibility index (Phi) is 4.38. The maximum atomic E-state index is 4.70. The zero-order valence-corrected chi connectivity index (χ0v) is 12.3.